The highest BCUT2D eigenvalue weighted by molar-refractivity contribution is 5.04. The van der Waals surface area contributed by atoms with Gasteiger partial charge in [-0.3, -0.25) is 0 Å². The standard InChI is InChI=1S/C12H18N2O3/c1-2-16-10(7-3-4-7)11-13-12(17-14-11)8-5-9(15)6-8/h7-10,15H,2-6H2,1H3. The lowest BCUT2D eigenvalue weighted by molar-refractivity contribution is 0.0384. The number of hydrogen-bond donors (Lipinski definition) is 1. The first-order valence-electron chi connectivity index (χ1n) is 6.41. The van der Waals surface area contributed by atoms with Crippen LogP contribution in [-0.2, 0) is 4.74 Å². The number of ether oxygens (including phenoxy) is 1. The van der Waals surface area contributed by atoms with Crippen LogP contribution in [0.4, 0.5) is 0 Å². The fraction of sp³-hybridized carbons (Fsp3) is 0.833. The van der Waals surface area contributed by atoms with Crippen LogP contribution in [0.15, 0.2) is 4.52 Å². The van der Waals surface area contributed by atoms with Crippen molar-refractivity contribution < 1.29 is 14.4 Å². The Balaban J connectivity index is 1.69. The van der Waals surface area contributed by atoms with Crippen molar-refractivity contribution in [2.24, 2.45) is 5.92 Å². The average molecular weight is 238 g/mol. The number of aromatic nitrogens is 2. The molecule has 0 amide bonds. The summed E-state index contributed by atoms with van der Waals surface area (Å²) in [5, 5.41) is 13.3. The van der Waals surface area contributed by atoms with E-state index >= 15 is 0 Å². The molecule has 0 aromatic carbocycles. The fourth-order valence-corrected chi connectivity index (χ4v) is 2.32. The first-order valence-corrected chi connectivity index (χ1v) is 6.41. The van der Waals surface area contributed by atoms with Gasteiger partial charge in [-0.15, -0.1) is 0 Å². The Morgan fingerprint density at radius 2 is 2.24 bits per heavy atom. The molecule has 1 aromatic heterocycles. The summed E-state index contributed by atoms with van der Waals surface area (Å²) in [5.74, 6) is 2.15. The monoisotopic (exact) mass is 238 g/mol. The molecule has 0 spiro atoms. The molecule has 0 saturated heterocycles. The van der Waals surface area contributed by atoms with Crippen LogP contribution < -0.4 is 0 Å². The van der Waals surface area contributed by atoms with E-state index in [1.165, 1.54) is 12.8 Å². The van der Waals surface area contributed by atoms with Gasteiger partial charge in [0.05, 0.1) is 6.10 Å². The minimum atomic E-state index is -0.193. The van der Waals surface area contributed by atoms with Crippen LogP contribution in [0.25, 0.3) is 0 Å². The molecular formula is C12H18N2O3. The zero-order valence-electron chi connectivity index (χ0n) is 10.0. The van der Waals surface area contributed by atoms with Gasteiger partial charge in [0.25, 0.3) is 0 Å². The minimum absolute atomic E-state index is 0.00231. The summed E-state index contributed by atoms with van der Waals surface area (Å²) in [4.78, 5) is 4.43. The van der Waals surface area contributed by atoms with Crippen LogP contribution in [0.3, 0.4) is 0 Å². The maximum absolute atomic E-state index is 9.26. The fourth-order valence-electron chi connectivity index (χ4n) is 2.32. The lowest BCUT2D eigenvalue weighted by Crippen LogP contribution is -2.26. The third kappa shape index (κ3) is 2.21. The molecule has 5 heteroatoms. The van der Waals surface area contributed by atoms with Crippen molar-refractivity contribution in [2.75, 3.05) is 6.61 Å². The van der Waals surface area contributed by atoms with E-state index in [4.69, 9.17) is 9.26 Å². The Labute approximate surface area is 100 Å². The zero-order valence-corrected chi connectivity index (χ0v) is 10.0. The first kappa shape index (κ1) is 11.2. The van der Waals surface area contributed by atoms with Gasteiger partial charge in [-0.1, -0.05) is 5.16 Å². The molecule has 1 N–H and O–H groups in total. The van der Waals surface area contributed by atoms with Crippen molar-refractivity contribution in [3.63, 3.8) is 0 Å². The van der Waals surface area contributed by atoms with E-state index in [0.29, 0.717) is 24.2 Å². The lowest BCUT2D eigenvalue weighted by atomic mass is 9.82. The Bertz CT molecular complexity index is 383. The Hall–Kier alpha value is -0.940. The Morgan fingerprint density at radius 3 is 2.82 bits per heavy atom. The van der Waals surface area contributed by atoms with E-state index in [-0.39, 0.29) is 18.1 Å². The molecule has 2 aliphatic carbocycles. The van der Waals surface area contributed by atoms with Gasteiger partial charge in [-0.2, -0.15) is 4.98 Å². The van der Waals surface area contributed by atoms with Gasteiger partial charge in [0.2, 0.25) is 11.7 Å². The third-order valence-corrected chi connectivity index (χ3v) is 3.57. The molecule has 5 nitrogen and oxygen atoms in total. The number of aliphatic hydroxyl groups is 1. The van der Waals surface area contributed by atoms with Crippen LogP contribution in [0.2, 0.25) is 0 Å². The largest absolute Gasteiger partial charge is 0.393 e. The van der Waals surface area contributed by atoms with Crippen LogP contribution in [0, 0.1) is 5.92 Å². The van der Waals surface area contributed by atoms with Crippen molar-refractivity contribution in [2.45, 2.75) is 50.7 Å². The molecule has 1 aromatic rings. The zero-order chi connectivity index (χ0) is 11.8. The Kier molecular flexibility index (Phi) is 2.88. The van der Waals surface area contributed by atoms with E-state index in [1.54, 1.807) is 0 Å². The van der Waals surface area contributed by atoms with Gasteiger partial charge in [0.1, 0.15) is 6.10 Å². The van der Waals surface area contributed by atoms with Crippen molar-refractivity contribution in [3.05, 3.63) is 11.7 Å². The van der Waals surface area contributed by atoms with E-state index in [9.17, 15) is 5.11 Å². The Morgan fingerprint density at radius 1 is 1.47 bits per heavy atom. The van der Waals surface area contributed by atoms with E-state index in [0.717, 1.165) is 12.8 Å². The van der Waals surface area contributed by atoms with Crippen molar-refractivity contribution >= 4 is 0 Å². The third-order valence-electron chi connectivity index (χ3n) is 3.57. The van der Waals surface area contributed by atoms with Crippen LogP contribution >= 0.6 is 0 Å². The smallest absolute Gasteiger partial charge is 0.230 e. The van der Waals surface area contributed by atoms with Crippen molar-refractivity contribution in [1.29, 1.82) is 0 Å². The number of rotatable bonds is 5. The number of aliphatic hydroxyl groups excluding tert-OH is 1. The van der Waals surface area contributed by atoms with Gasteiger partial charge in [-0.25, -0.2) is 0 Å². The summed E-state index contributed by atoms with van der Waals surface area (Å²) in [7, 11) is 0. The molecule has 0 aliphatic heterocycles. The topological polar surface area (TPSA) is 68.4 Å². The molecule has 2 saturated carbocycles. The van der Waals surface area contributed by atoms with Crippen molar-refractivity contribution in [1.82, 2.24) is 10.1 Å². The van der Waals surface area contributed by atoms with E-state index in [1.807, 2.05) is 6.92 Å². The summed E-state index contributed by atoms with van der Waals surface area (Å²) in [6, 6.07) is 0. The SMILES string of the molecule is CCOC(c1noc(C2CC(O)C2)n1)C1CC1. The maximum Gasteiger partial charge on any atom is 0.230 e. The average Bonchev–Trinajstić information content (AvgIpc) is 3.00. The van der Waals surface area contributed by atoms with E-state index in [2.05, 4.69) is 10.1 Å². The second-order valence-corrected chi connectivity index (χ2v) is 5.03. The highest BCUT2D eigenvalue weighted by atomic mass is 16.5. The molecule has 1 heterocycles. The second-order valence-electron chi connectivity index (χ2n) is 5.03. The predicted molar refractivity (Wildman–Crippen MR) is 59.4 cm³/mol. The van der Waals surface area contributed by atoms with Crippen LogP contribution in [0.5, 0.6) is 0 Å². The van der Waals surface area contributed by atoms with E-state index < -0.39 is 0 Å². The molecular weight excluding hydrogens is 220 g/mol. The van der Waals surface area contributed by atoms with Gasteiger partial charge in [0.15, 0.2) is 0 Å². The van der Waals surface area contributed by atoms with Gasteiger partial charge in [-0.05, 0) is 38.5 Å². The highest BCUT2D eigenvalue weighted by Gasteiger charge is 2.38. The van der Waals surface area contributed by atoms with Crippen LogP contribution in [0.1, 0.15) is 56.3 Å². The normalized spacial score (nSPS) is 30.0. The number of nitrogens with zero attached hydrogens (tertiary/aromatic N) is 2. The molecule has 0 bridgehead atoms. The molecule has 2 fully saturated rings. The highest BCUT2D eigenvalue weighted by Crippen LogP contribution is 2.43. The summed E-state index contributed by atoms with van der Waals surface area (Å²) in [6.07, 6.45) is 3.67. The molecule has 94 valence electrons. The quantitative estimate of drug-likeness (QED) is 0.847. The predicted octanol–water partition coefficient (Wildman–Crippen LogP) is 1.80. The van der Waals surface area contributed by atoms with Gasteiger partial charge >= 0.3 is 0 Å². The first-order chi connectivity index (χ1) is 8.28. The molecule has 1 atom stereocenters. The molecule has 3 rings (SSSR count). The molecule has 0 radical (unpaired) electrons. The summed E-state index contributed by atoms with van der Waals surface area (Å²) >= 11 is 0. The second kappa shape index (κ2) is 4.38. The van der Waals surface area contributed by atoms with Gasteiger partial charge in [0, 0.05) is 12.5 Å². The maximum atomic E-state index is 9.26. The van der Waals surface area contributed by atoms with Crippen LogP contribution in [-0.4, -0.2) is 28.0 Å². The van der Waals surface area contributed by atoms with Gasteiger partial charge < -0.3 is 14.4 Å². The molecule has 17 heavy (non-hydrogen) atoms. The summed E-state index contributed by atoms with van der Waals surface area (Å²) in [5.41, 5.74) is 0. The molecule has 1 unspecified atom stereocenters. The summed E-state index contributed by atoms with van der Waals surface area (Å²) < 4.78 is 11.0. The van der Waals surface area contributed by atoms with Crippen molar-refractivity contribution in [3.8, 4) is 0 Å². The lowest BCUT2D eigenvalue weighted by Gasteiger charge is -2.27. The summed E-state index contributed by atoms with van der Waals surface area (Å²) in [6.45, 7) is 2.66. The molecule has 2 aliphatic rings. The minimum Gasteiger partial charge on any atom is -0.393 e. The number of hydrogen-bond acceptors (Lipinski definition) is 5.